The van der Waals surface area contributed by atoms with Crippen LogP contribution < -0.4 is 5.32 Å². The molecule has 0 amide bonds. The summed E-state index contributed by atoms with van der Waals surface area (Å²) in [6.07, 6.45) is 0.511. The second kappa shape index (κ2) is 5.24. The summed E-state index contributed by atoms with van der Waals surface area (Å²) in [6.45, 7) is 1.02. The molecule has 0 spiro atoms. The molecular weight excluding hydrogens is 289 g/mol. The Labute approximate surface area is 123 Å². The van der Waals surface area contributed by atoms with Crippen LogP contribution in [0.25, 0.3) is 0 Å². The molecule has 1 fully saturated rings. The van der Waals surface area contributed by atoms with Crippen molar-refractivity contribution in [3.63, 3.8) is 0 Å². The zero-order chi connectivity index (χ0) is 14.9. The number of hydrogen-bond donors (Lipinski definition) is 1. The number of rotatable bonds is 3. The Hall–Kier alpha value is -1.72. The molecule has 0 radical (unpaired) electrons. The van der Waals surface area contributed by atoms with E-state index in [4.69, 9.17) is 0 Å². The molecule has 1 aliphatic rings. The molecule has 0 aromatic heterocycles. The molecule has 3 nitrogen and oxygen atoms in total. The van der Waals surface area contributed by atoms with Crippen molar-refractivity contribution >= 4 is 9.84 Å². The van der Waals surface area contributed by atoms with E-state index in [0.29, 0.717) is 19.5 Å². The highest BCUT2D eigenvalue weighted by atomic mass is 32.2. The van der Waals surface area contributed by atoms with E-state index in [9.17, 15) is 12.8 Å². The number of nitrogens with one attached hydrogen (secondary N) is 1. The molecule has 2 aromatic carbocycles. The third-order valence-electron chi connectivity index (χ3n) is 4.05. The fourth-order valence-electron chi connectivity index (χ4n) is 2.88. The van der Waals surface area contributed by atoms with Crippen LogP contribution in [0.4, 0.5) is 4.39 Å². The first-order valence-electron chi connectivity index (χ1n) is 6.83. The largest absolute Gasteiger partial charge is 0.315 e. The first kappa shape index (κ1) is 14.2. The summed E-state index contributed by atoms with van der Waals surface area (Å²) >= 11 is 0. The van der Waals surface area contributed by atoms with Gasteiger partial charge in [-0.05, 0) is 42.8 Å². The van der Waals surface area contributed by atoms with Gasteiger partial charge in [-0.1, -0.05) is 30.3 Å². The first-order valence-corrected chi connectivity index (χ1v) is 8.31. The maximum atomic E-state index is 13.1. The van der Waals surface area contributed by atoms with Crippen molar-refractivity contribution in [2.75, 3.05) is 13.1 Å². The van der Waals surface area contributed by atoms with Crippen molar-refractivity contribution in [1.82, 2.24) is 5.32 Å². The molecule has 1 heterocycles. The summed E-state index contributed by atoms with van der Waals surface area (Å²) in [5.74, 6) is -0.438. The van der Waals surface area contributed by atoms with Gasteiger partial charge in [-0.15, -0.1) is 0 Å². The van der Waals surface area contributed by atoms with Crippen molar-refractivity contribution in [3.8, 4) is 0 Å². The van der Waals surface area contributed by atoms with E-state index in [1.54, 1.807) is 0 Å². The number of benzene rings is 2. The molecular formula is C16H16FNO2S. The fourth-order valence-corrected chi connectivity index (χ4v) is 4.94. The molecule has 0 bridgehead atoms. The minimum absolute atomic E-state index is 0.163. The van der Waals surface area contributed by atoms with Crippen LogP contribution in [-0.2, 0) is 14.6 Å². The van der Waals surface area contributed by atoms with Crippen LogP contribution in [0.5, 0.6) is 0 Å². The van der Waals surface area contributed by atoms with Crippen LogP contribution in [0.1, 0.15) is 12.0 Å². The summed E-state index contributed by atoms with van der Waals surface area (Å²) in [7, 11) is -3.60. The maximum absolute atomic E-state index is 13.1. The van der Waals surface area contributed by atoms with Gasteiger partial charge in [0.05, 0.1) is 4.90 Å². The summed E-state index contributed by atoms with van der Waals surface area (Å²) < 4.78 is 38.3. The molecule has 0 aliphatic carbocycles. The Morgan fingerprint density at radius 3 is 2.24 bits per heavy atom. The van der Waals surface area contributed by atoms with Gasteiger partial charge in [0.2, 0.25) is 0 Å². The molecule has 1 saturated heterocycles. The topological polar surface area (TPSA) is 46.2 Å². The van der Waals surface area contributed by atoms with Gasteiger partial charge < -0.3 is 5.32 Å². The Balaban J connectivity index is 2.15. The summed E-state index contributed by atoms with van der Waals surface area (Å²) in [5, 5.41) is 3.15. The Morgan fingerprint density at radius 2 is 1.67 bits per heavy atom. The molecule has 21 heavy (non-hydrogen) atoms. The van der Waals surface area contributed by atoms with Crippen molar-refractivity contribution in [1.29, 1.82) is 0 Å². The molecule has 110 valence electrons. The summed E-state index contributed by atoms with van der Waals surface area (Å²) in [5.41, 5.74) is 0.777. The fraction of sp³-hybridized carbons (Fsp3) is 0.250. The van der Waals surface area contributed by atoms with Crippen LogP contribution in [0.2, 0.25) is 0 Å². The van der Waals surface area contributed by atoms with E-state index in [-0.39, 0.29) is 4.90 Å². The second-order valence-electron chi connectivity index (χ2n) is 5.24. The van der Waals surface area contributed by atoms with Crippen molar-refractivity contribution < 1.29 is 12.8 Å². The third-order valence-corrected chi connectivity index (χ3v) is 6.56. The second-order valence-corrected chi connectivity index (χ2v) is 7.50. The maximum Gasteiger partial charge on any atom is 0.189 e. The lowest BCUT2D eigenvalue weighted by Gasteiger charge is -2.28. The first-order chi connectivity index (χ1) is 10.1. The molecule has 3 rings (SSSR count). The molecule has 0 saturated carbocycles. The number of hydrogen-bond acceptors (Lipinski definition) is 3. The minimum atomic E-state index is -3.60. The lowest BCUT2D eigenvalue weighted by molar-refractivity contribution is 0.536. The minimum Gasteiger partial charge on any atom is -0.315 e. The van der Waals surface area contributed by atoms with Gasteiger partial charge in [0.25, 0.3) is 0 Å². The van der Waals surface area contributed by atoms with Crippen molar-refractivity contribution in [3.05, 3.63) is 66.0 Å². The average Bonchev–Trinajstić information content (AvgIpc) is 3.00. The smallest absolute Gasteiger partial charge is 0.189 e. The predicted molar refractivity (Wildman–Crippen MR) is 79.2 cm³/mol. The Morgan fingerprint density at radius 1 is 1.00 bits per heavy atom. The predicted octanol–water partition coefficient (Wildman–Crippen LogP) is 2.49. The van der Waals surface area contributed by atoms with Crippen LogP contribution >= 0.6 is 0 Å². The summed E-state index contributed by atoms with van der Waals surface area (Å²) in [6, 6.07) is 14.3. The van der Waals surface area contributed by atoms with E-state index < -0.39 is 20.4 Å². The molecule has 5 heteroatoms. The zero-order valence-electron chi connectivity index (χ0n) is 11.4. The van der Waals surface area contributed by atoms with Gasteiger partial charge in [-0.25, -0.2) is 12.8 Å². The standard InChI is InChI=1S/C16H16FNO2S/c17-14-6-8-15(9-7-14)21(19,20)16(10-11-18-12-16)13-4-2-1-3-5-13/h1-9,18H,10-12H2. The molecule has 1 atom stereocenters. The van der Waals surface area contributed by atoms with Gasteiger partial charge in [0.1, 0.15) is 10.6 Å². The average molecular weight is 305 g/mol. The highest BCUT2D eigenvalue weighted by molar-refractivity contribution is 7.92. The van der Waals surface area contributed by atoms with E-state index in [0.717, 1.165) is 5.56 Å². The quantitative estimate of drug-likeness (QED) is 0.886. The van der Waals surface area contributed by atoms with Crippen molar-refractivity contribution in [2.45, 2.75) is 16.1 Å². The lowest BCUT2D eigenvalue weighted by atomic mass is 9.97. The van der Waals surface area contributed by atoms with Crippen LogP contribution in [0.15, 0.2) is 59.5 Å². The molecule has 2 aromatic rings. The zero-order valence-corrected chi connectivity index (χ0v) is 12.2. The van der Waals surface area contributed by atoms with E-state index >= 15 is 0 Å². The van der Waals surface area contributed by atoms with E-state index in [1.165, 1.54) is 24.3 Å². The lowest BCUT2D eigenvalue weighted by Crippen LogP contribution is -2.38. The van der Waals surface area contributed by atoms with E-state index in [2.05, 4.69) is 5.32 Å². The van der Waals surface area contributed by atoms with Gasteiger partial charge in [0, 0.05) is 6.54 Å². The summed E-state index contributed by atoms with van der Waals surface area (Å²) in [4.78, 5) is 0.163. The van der Waals surface area contributed by atoms with Gasteiger partial charge >= 0.3 is 0 Å². The Bertz CT molecular complexity index is 721. The monoisotopic (exact) mass is 305 g/mol. The van der Waals surface area contributed by atoms with Crippen molar-refractivity contribution in [2.24, 2.45) is 0 Å². The molecule has 1 unspecified atom stereocenters. The normalized spacial score (nSPS) is 22.3. The van der Waals surface area contributed by atoms with E-state index in [1.807, 2.05) is 30.3 Å². The Kier molecular flexibility index (Phi) is 3.55. The van der Waals surface area contributed by atoms with Crippen LogP contribution in [-0.4, -0.2) is 21.5 Å². The van der Waals surface area contributed by atoms with Crippen LogP contribution in [0, 0.1) is 5.82 Å². The SMILES string of the molecule is O=S(=O)(c1ccc(F)cc1)C1(c2ccccc2)CCNC1. The van der Waals surface area contributed by atoms with Gasteiger partial charge in [0.15, 0.2) is 9.84 Å². The third kappa shape index (κ3) is 2.26. The molecule has 1 aliphatic heterocycles. The molecule has 1 N–H and O–H groups in total. The number of halogens is 1. The van der Waals surface area contributed by atoms with Gasteiger partial charge in [-0.2, -0.15) is 0 Å². The number of sulfone groups is 1. The van der Waals surface area contributed by atoms with Gasteiger partial charge in [-0.3, -0.25) is 0 Å². The highest BCUT2D eigenvalue weighted by Crippen LogP contribution is 2.40. The highest BCUT2D eigenvalue weighted by Gasteiger charge is 2.48. The van der Waals surface area contributed by atoms with Crippen LogP contribution in [0.3, 0.4) is 0 Å².